The number of hydrogen-bond donors (Lipinski definition) is 0. The summed E-state index contributed by atoms with van der Waals surface area (Å²) in [5.74, 6) is 3.14. The molecule has 0 unspecified atom stereocenters. The minimum atomic E-state index is 0.590. The molecule has 0 aromatic heterocycles. The summed E-state index contributed by atoms with van der Waals surface area (Å²) in [6, 6.07) is 0. The molecule has 2 fully saturated rings. The normalized spacial score (nSPS) is 29.8. The maximum Gasteiger partial charge on any atom is 0.0575 e. The lowest BCUT2D eigenvalue weighted by atomic mass is 9.70. The van der Waals surface area contributed by atoms with Crippen molar-refractivity contribution in [2.45, 2.75) is 136 Å². The van der Waals surface area contributed by atoms with Crippen molar-refractivity contribution in [3.8, 4) is 0 Å². The van der Waals surface area contributed by atoms with Crippen LogP contribution in [0.4, 0.5) is 0 Å². The van der Waals surface area contributed by atoms with Gasteiger partial charge in [-0.15, -0.1) is 0 Å². The fraction of sp³-hybridized carbons (Fsp3) is 1.00. The number of rotatable bonds is 13. The number of ether oxygens (including phenoxy) is 1. The standard InChI is InChI=1S/C25H48O/c1-3-5-6-7-8-9-10-11-21-26-25-19-17-24(18-20-25)23-15-13-22(12-4-2)14-16-23/h22-25H,3-21H2,1-2H3/t22-,23-,24-,25-. The predicted molar refractivity (Wildman–Crippen MR) is 115 cm³/mol. The minimum Gasteiger partial charge on any atom is -0.378 e. The minimum absolute atomic E-state index is 0.590. The van der Waals surface area contributed by atoms with Crippen LogP contribution in [0, 0.1) is 17.8 Å². The Morgan fingerprint density at radius 1 is 0.577 bits per heavy atom. The molecule has 2 rings (SSSR count). The topological polar surface area (TPSA) is 9.23 Å². The average molecular weight is 365 g/mol. The van der Waals surface area contributed by atoms with E-state index in [0.29, 0.717) is 6.10 Å². The monoisotopic (exact) mass is 364 g/mol. The molecule has 0 amide bonds. The molecule has 154 valence electrons. The molecule has 1 heteroatoms. The van der Waals surface area contributed by atoms with Gasteiger partial charge in [0.2, 0.25) is 0 Å². The van der Waals surface area contributed by atoms with Crippen molar-refractivity contribution in [1.82, 2.24) is 0 Å². The summed E-state index contributed by atoms with van der Waals surface area (Å²) in [5.41, 5.74) is 0. The molecular formula is C25H48O. The van der Waals surface area contributed by atoms with Gasteiger partial charge in [-0.1, -0.05) is 84.5 Å². The Morgan fingerprint density at radius 2 is 1.12 bits per heavy atom. The van der Waals surface area contributed by atoms with Crippen LogP contribution < -0.4 is 0 Å². The Hall–Kier alpha value is -0.0400. The first kappa shape index (κ1) is 22.3. The van der Waals surface area contributed by atoms with Gasteiger partial charge in [-0.3, -0.25) is 0 Å². The van der Waals surface area contributed by atoms with Crippen LogP contribution >= 0.6 is 0 Å². The highest BCUT2D eigenvalue weighted by Gasteiger charge is 2.30. The van der Waals surface area contributed by atoms with Crippen LogP contribution in [0.3, 0.4) is 0 Å². The van der Waals surface area contributed by atoms with Gasteiger partial charge in [-0.2, -0.15) is 0 Å². The molecule has 0 aromatic carbocycles. The van der Waals surface area contributed by atoms with Crippen molar-refractivity contribution < 1.29 is 4.74 Å². The van der Waals surface area contributed by atoms with Crippen molar-refractivity contribution >= 4 is 0 Å². The van der Waals surface area contributed by atoms with E-state index in [2.05, 4.69) is 13.8 Å². The second-order valence-corrected chi connectivity index (χ2v) is 9.45. The van der Waals surface area contributed by atoms with Crippen LogP contribution in [0.25, 0.3) is 0 Å². The highest BCUT2D eigenvalue weighted by molar-refractivity contribution is 4.82. The van der Waals surface area contributed by atoms with Crippen molar-refractivity contribution in [3.05, 3.63) is 0 Å². The van der Waals surface area contributed by atoms with E-state index in [0.717, 1.165) is 24.4 Å². The number of unbranched alkanes of at least 4 members (excludes halogenated alkanes) is 7. The molecule has 0 radical (unpaired) electrons. The third-order valence-corrected chi connectivity index (χ3v) is 7.33. The zero-order chi connectivity index (χ0) is 18.5. The van der Waals surface area contributed by atoms with Gasteiger partial charge in [0.1, 0.15) is 0 Å². The van der Waals surface area contributed by atoms with Crippen LogP contribution in [0.1, 0.15) is 129 Å². The Bertz CT molecular complexity index is 310. The maximum atomic E-state index is 6.21. The summed E-state index contributed by atoms with van der Waals surface area (Å²) in [7, 11) is 0. The van der Waals surface area contributed by atoms with E-state index in [9.17, 15) is 0 Å². The zero-order valence-corrected chi connectivity index (χ0v) is 18.2. The highest BCUT2D eigenvalue weighted by atomic mass is 16.5. The summed E-state index contributed by atoms with van der Waals surface area (Å²) in [6.45, 7) is 5.66. The second kappa shape index (κ2) is 14.0. The van der Waals surface area contributed by atoms with Crippen LogP contribution in [0.15, 0.2) is 0 Å². The zero-order valence-electron chi connectivity index (χ0n) is 18.2. The fourth-order valence-electron chi connectivity index (χ4n) is 5.57. The SMILES string of the molecule is CCCCCCCCCCO[C@H]1CC[C@H]([C@H]2CC[C@H](CCC)CC2)CC1. The summed E-state index contributed by atoms with van der Waals surface area (Å²) < 4.78 is 6.21. The van der Waals surface area contributed by atoms with Gasteiger partial charge in [0, 0.05) is 6.61 Å². The molecule has 2 aliphatic carbocycles. The van der Waals surface area contributed by atoms with Crippen LogP contribution in [0.5, 0.6) is 0 Å². The van der Waals surface area contributed by atoms with Crippen molar-refractivity contribution in [1.29, 1.82) is 0 Å². The highest BCUT2D eigenvalue weighted by Crippen LogP contribution is 2.41. The first-order chi connectivity index (χ1) is 12.8. The average Bonchev–Trinajstić information content (AvgIpc) is 2.68. The largest absolute Gasteiger partial charge is 0.378 e. The lowest BCUT2D eigenvalue weighted by molar-refractivity contribution is 0.00528. The van der Waals surface area contributed by atoms with E-state index in [4.69, 9.17) is 4.74 Å². The van der Waals surface area contributed by atoms with E-state index >= 15 is 0 Å². The van der Waals surface area contributed by atoms with E-state index in [-0.39, 0.29) is 0 Å². The summed E-state index contributed by atoms with van der Waals surface area (Å²) in [6.07, 6.45) is 26.3. The summed E-state index contributed by atoms with van der Waals surface area (Å²) in [4.78, 5) is 0. The molecule has 0 bridgehead atoms. The number of hydrogen-bond acceptors (Lipinski definition) is 1. The molecule has 0 heterocycles. The van der Waals surface area contributed by atoms with Gasteiger partial charge < -0.3 is 4.74 Å². The molecule has 0 aliphatic heterocycles. The van der Waals surface area contributed by atoms with Gasteiger partial charge in [-0.25, -0.2) is 0 Å². The van der Waals surface area contributed by atoms with Gasteiger partial charge in [-0.05, 0) is 62.7 Å². The fourth-order valence-corrected chi connectivity index (χ4v) is 5.57. The quantitative estimate of drug-likeness (QED) is 0.298. The molecule has 2 aliphatic rings. The Balaban J connectivity index is 1.44. The molecule has 0 atom stereocenters. The Morgan fingerprint density at radius 3 is 1.69 bits per heavy atom. The predicted octanol–water partition coefficient (Wildman–Crippen LogP) is 8.31. The third-order valence-electron chi connectivity index (χ3n) is 7.33. The van der Waals surface area contributed by atoms with Crippen molar-refractivity contribution in [2.24, 2.45) is 17.8 Å². The van der Waals surface area contributed by atoms with Gasteiger partial charge >= 0.3 is 0 Å². The second-order valence-electron chi connectivity index (χ2n) is 9.45. The Labute approximate surface area is 165 Å². The van der Waals surface area contributed by atoms with Crippen molar-refractivity contribution in [2.75, 3.05) is 6.61 Å². The molecule has 1 nitrogen and oxygen atoms in total. The summed E-state index contributed by atoms with van der Waals surface area (Å²) >= 11 is 0. The maximum absolute atomic E-state index is 6.21. The van der Waals surface area contributed by atoms with Crippen LogP contribution in [0.2, 0.25) is 0 Å². The van der Waals surface area contributed by atoms with E-state index < -0.39 is 0 Å². The first-order valence-corrected chi connectivity index (χ1v) is 12.4. The lowest BCUT2D eigenvalue weighted by Crippen LogP contribution is -2.28. The van der Waals surface area contributed by atoms with Crippen LogP contribution in [-0.4, -0.2) is 12.7 Å². The Kier molecular flexibility index (Phi) is 12.0. The van der Waals surface area contributed by atoms with Gasteiger partial charge in [0.25, 0.3) is 0 Å². The smallest absolute Gasteiger partial charge is 0.0575 e. The first-order valence-electron chi connectivity index (χ1n) is 12.4. The molecule has 0 spiro atoms. The van der Waals surface area contributed by atoms with Gasteiger partial charge in [0.05, 0.1) is 6.10 Å². The molecule has 2 saturated carbocycles. The van der Waals surface area contributed by atoms with E-state index in [1.807, 2.05) is 0 Å². The molecule has 0 aromatic rings. The molecule has 26 heavy (non-hydrogen) atoms. The molecule has 0 N–H and O–H groups in total. The van der Waals surface area contributed by atoms with Crippen molar-refractivity contribution in [3.63, 3.8) is 0 Å². The third kappa shape index (κ3) is 8.77. The van der Waals surface area contributed by atoms with Crippen LogP contribution in [-0.2, 0) is 4.74 Å². The molecule has 0 saturated heterocycles. The van der Waals surface area contributed by atoms with Gasteiger partial charge in [0.15, 0.2) is 0 Å². The van der Waals surface area contributed by atoms with E-state index in [1.165, 1.54) is 116 Å². The summed E-state index contributed by atoms with van der Waals surface area (Å²) in [5, 5.41) is 0. The lowest BCUT2D eigenvalue weighted by Gasteiger charge is -2.37. The molecular weight excluding hydrogens is 316 g/mol. The van der Waals surface area contributed by atoms with E-state index in [1.54, 1.807) is 0 Å².